The van der Waals surface area contributed by atoms with E-state index >= 15 is 0 Å². The molecular formula is C13H7F5N2O4S. The molecule has 0 heterocycles. The Balaban J connectivity index is 2.36. The molecule has 2 aromatic carbocycles. The summed E-state index contributed by atoms with van der Waals surface area (Å²) in [5, 5.41) is 8.79. The van der Waals surface area contributed by atoms with E-state index in [1.807, 2.05) is 0 Å². The molecule has 0 unspecified atom stereocenters. The van der Waals surface area contributed by atoms with Crippen LogP contribution in [0.3, 0.4) is 0 Å². The number of nitrogens with one attached hydrogen (secondary N) is 2. The Labute approximate surface area is 136 Å². The number of rotatable bonds is 5. The summed E-state index contributed by atoms with van der Waals surface area (Å²) < 4.78 is 89.8. The quantitative estimate of drug-likeness (QED) is 0.319. The fourth-order valence-electron chi connectivity index (χ4n) is 1.69. The highest BCUT2D eigenvalue weighted by molar-refractivity contribution is 7.89. The van der Waals surface area contributed by atoms with Gasteiger partial charge in [0.1, 0.15) is 5.69 Å². The Morgan fingerprint density at radius 2 is 1.44 bits per heavy atom. The van der Waals surface area contributed by atoms with Gasteiger partial charge in [-0.3, -0.25) is 0 Å². The van der Waals surface area contributed by atoms with Crippen LogP contribution in [-0.2, 0) is 10.0 Å². The molecule has 0 aliphatic carbocycles. The van der Waals surface area contributed by atoms with Gasteiger partial charge in [0, 0.05) is 0 Å². The third kappa shape index (κ3) is 3.53. The van der Waals surface area contributed by atoms with Gasteiger partial charge >= 0.3 is 5.97 Å². The van der Waals surface area contributed by atoms with Gasteiger partial charge in [-0.15, -0.1) is 4.83 Å². The second-order valence-corrected chi connectivity index (χ2v) is 6.19. The molecule has 0 aliphatic heterocycles. The number of hydrazine groups is 1. The summed E-state index contributed by atoms with van der Waals surface area (Å²) in [6.45, 7) is 0. The van der Waals surface area contributed by atoms with Gasteiger partial charge in [0.25, 0.3) is 10.0 Å². The maximum Gasteiger partial charge on any atom is 0.335 e. The zero-order valence-electron chi connectivity index (χ0n) is 11.8. The van der Waals surface area contributed by atoms with Crippen LogP contribution in [-0.4, -0.2) is 19.5 Å². The second kappa shape index (κ2) is 6.64. The Hall–Kier alpha value is -2.73. The number of benzene rings is 2. The first-order valence-electron chi connectivity index (χ1n) is 6.19. The van der Waals surface area contributed by atoms with Gasteiger partial charge in [0.2, 0.25) is 5.82 Å². The zero-order valence-corrected chi connectivity index (χ0v) is 12.6. The molecule has 6 nitrogen and oxygen atoms in total. The standard InChI is InChI=1S/C13H7F5N2O4S/c14-7-8(15)10(17)12(11(18)9(7)16)19-20-25(23,24)6-3-1-2-5(4-6)13(21)22/h1-4,19-20H,(H,21,22). The van der Waals surface area contributed by atoms with Crippen LogP contribution in [0.5, 0.6) is 0 Å². The van der Waals surface area contributed by atoms with Gasteiger partial charge in [-0.25, -0.2) is 35.2 Å². The molecular weight excluding hydrogens is 375 g/mol. The van der Waals surface area contributed by atoms with Crippen molar-refractivity contribution in [3.63, 3.8) is 0 Å². The van der Waals surface area contributed by atoms with Crippen molar-refractivity contribution in [2.75, 3.05) is 5.43 Å². The van der Waals surface area contributed by atoms with Crippen LogP contribution in [0, 0.1) is 29.1 Å². The lowest BCUT2D eigenvalue weighted by atomic mass is 10.2. The number of hydrogen-bond donors (Lipinski definition) is 3. The van der Waals surface area contributed by atoms with E-state index in [9.17, 15) is 35.2 Å². The number of carbonyl (C=O) groups is 1. The largest absolute Gasteiger partial charge is 0.478 e. The highest BCUT2D eigenvalue weighted by Crippen LogP contribution is 2.26. The predicted molar refractivity (Wildman–Crippen MR) is 73.6 cm³/mol. The molecule has 12 heteroatoms. The van der Waals surface area contributed by atoms with E-state index in [-0.39, 0.29) is 0 Å². The van der Waals surface area contributed by atoms with Crippen molar-refractivity contribution in [3.8, 4) is 0 Å². The van der Waals surface area contributed by atoms with Crippen LogP contribution < -0.4 is 10.3 Å². The smallest absolute Gasteiger partial charge is 0.335 e. The molecule has 2 rings (SSSR count). The summed E-state index contributed by atoms with van der Waals surface area (Å²) in [4.78, 5) is 11.6. The van der Waals surface area contributed by atoms with Gasteiger partial charge in [-0.2, -0.15) is 0 Å². The number of hydrogen-bond acceptors (Lipinski definition) is 4. The van der Waals surface area contributed by atoms with Crippen molar-refractivity contribution in [3.05, 3.63) is 58.9 Å². The van der Waals surface area contributed by atoms with Crippen LogP contribution in [0.15, 0.2) is 29.2 Å². The monoisotopic (exact) mass is 382 g/mol. The van der Waals surface area contributed by atoms with E-state index in [1.54, 1.807) is 0 Å². The normalized spacial score (nSPS) is 11.4. The second-order valence-electron chi connectivity index (χ2n) is 4.51. The van der Waals surface area contributed by atoms with Gasteiger partial charge in [0.15, 0.2) is 23.3 Å². The van der Waals surface area contributed by atoms with E-state index in [0.717, 1.165) is 24.3 Å². The molecule has 0 atom stereocenters. The minimum absolute atomic E-state index is 0.404. The number of anilines is 1. The van der Waals surface area contributed by atoms with E-state index in [1.165, 1.54) is 10.3 Å². The van der Waals surface area contributed by atoms with Crippen molar-refractivity contribution in [2.45, 2.75) is 4.90 Å². The highest BCUT2D eigenvalue weighted by Gasteiger charge is 2.27. The highest BCUT2D eigenvalue weighted by atomic mass is 32.2. The van der Waals surface area contributed by atoms with E-state index < -0.39 is 61.2 Å². The van der Waals surface area contributed by atoms with Crippen molar-refractivity contribution in [1.82, 2.24) is 4.83 Å². The zero-order chi connectivity index (χ0) is 18.9. The maximum absolute atomic E-state index is 13.5. The lowest BCUT2D eigenvalue weighted by molar-refractivity contribution is 0.0696. The number of halogens is 5. The fourth-order valence-corrected chi connectivity index (χ4v) is 2.58. The van der Waals surface area contributed by atoms with Crippen molar-refractivity contribution >= 4 is 21.7 Å². The maximum atomic E-state index is 13.5. The molecule has 0 fully saturated rings. The molecule has 2 aromatic rings. The first-order valence-corrected chi connectivity index (χ1v) is 7.67. The molecule has 134 valence electrons. The Bertz CT molecular complexity index is 936. The molecule has 3 N–H and O–H groups in total. The SMILES string of the molecule is O=C(O)c1cccc(S(=O)(=O)NNc2c(F)c(F)c(F)c(F)c2F)c1. The van der Waals surface area contributed by atoms with Gasteiger partial charge in [0.05, 0.1) is 10.5 Å². The lowest BCUT2D eigenvalue weighted by Gasteiger charge is -2.12. The fraction of sp³-hybridized carbons (Fsp3) is 0. The average molecular weight is 382 g/mol. The van der Waals surface area contributed by atoms with Crippen LogP contribution >= 0.6 is 0 Å². The first-order chi connectivity index (χ1) is 11.6. The van der Waals surface area contributed by atoms with Crippen LogP contribution in [0.25, 0.3) is 0 Å². The van der Waals surface area contributed by atoms with E-state index in [4.69, 9.17) is 5.11 Å². The summed E-state index contributed by atoms with van der Waals surface area (Å²) >= 11 is 0. The van der Waals surface area contributed by atoms with Crippen LogP contribution in [0.1, 0.15) is 10.4 Å². The summed E-state index contributed by atoms with van der Waals surface area (Å²) in [5.74, 6) is -12.9. The topological polar surface area (TPSA) is 95.5 Å². The molecule has 0 bridgehead atoms. The summed E-state index contributed by atoms with van der Waals surface area (Å²) in [6, 6.07) is 3.84. The van der Waals surface area contributed by atoms with Crippen molar-refractivity contribution in [1.29, 1.82) is 0 Å². The lowest BCUT2D eigenvalue weighted by Crippen LogP contribution is -2.31. The third-order valence-corrected chi connectivity index (χ3v) is 4.16. The number of carboxylic acid groups (broad SMARTS) is 1. The van der Waals surface area contributed by atoms with E-state index in [2.05, 4.69) is 0 Å². The molecule has 0 saturated carbocycles. The van der Waals surface area contributed by atoms with Crippen molar-refractivity contribution in [2.24, 2.45) is 0 Å². The van der Waals surface area contributed by atoms with Crippen LogP contribution in [0.2, 0.25) is 0 Å². The van der Waals surface area contributed by atoms with Crippen molar-refractivity contribution < 1.29 is 40.3 Å². The molecule has 0 spiro atoms. The van der Waals surface area contributed by atoms with Crippen LogP contribution in [0.4, 0.5) is 27.6 Å². The molecule has 0 saturated heterocycles. The minimum atomic E-state index is -4.58. The van der Waals surface area contributed by atoms with E-state index in [0.29, 0.717) is 0 Å². The Morgan fingerprint density at radius 3 is 1.96 bits per heavy atom. The first kappa shape index (κ1) is 18.6. The Kier molecular flexibility index (Phi) is 4.94. The summed E-state index contributed by atoms with van der Waals surface area (Å²) in [7, 11) is -4.58. The molecule has 0 aromatic heterocycles. The summed E-state index contributed by atoms with van der Waals surface area (Å²) in [5.41, 5.74) is -0.624. The Morgan fingerprint density at radius 1 is 0.920 bits per heavy atom. The number of aromatic carboxylic acids is 1. The van der Waals surface area contributed by atoms with Gasteiger partial charge in [-0.1, -0.05) is 6.07 Å². The molecule has 0 amide bonds. The number of sulfonamides is 1. The van der Waals surface area contributed by atoms with Gasteiger partial charge in [-0.05, 0) is 18.2 Å². The minimum Gasteiger partial charge on any atom is -0.478 e. The predicted octanol–water partition coefficient (Wildman–Crippen LogP) is 2.39. The third-order valence-electron chi connectivity index (χ3n) is 2.91. The molecule has 0 aliphatic rings. The molecule has 25 heavy (non-hydrogen) atoms. The summed E-state index contributed by atoms with van der Waals surface area (Å²) in [6.07, 6.45) is 0. The number of carboxylic acids is 1. The van der Waals surface area contributed by atoms with Gasteiger partial charge < -0.3 is 10.5 Å². The average Bonchev–Trinajstić information content (AvgIpc) is 2.58. The molecule has 0 radical (unpaired) electrons.